The van der Waals surface area contributed by atoms with Crippen molar-refractivity contribution in [2.75, 3.05) is 0 Å². The molecule has 0 saturated heterocycles. The minimum atomic E-state index is 0.553. The van der Waals surface area contributed by atoms with Crippen molar-refractivity contribution in [3.05, 3.63) is 236 Å². The third kappa shape index (κ3) is 6.56. The Morgan fingerprint density at radius 2 is 0.750 bits per heavy atom. The van der Waals surface area contributed by atoms with E-state index in [1.165, 1.54) is 65.7 Å². The molecule has 4 heteroatoms. The van der Waals surface area contributed by atoms with E-state index in [1.54, 1.807) is 0 Å². The summed E-state index contributed by atoms with van der Waals surface area (Å²) in [6.07, 6.45) is 0. The molecule has 1 heterocycles. The number of rotatable bonds is 7. The van der Waals surface area contributed by atoms with Gasteiger partial charge in [0.05, 0.1) is 11.6 Å². The normalized spacial score (nSPS) is 11.5. The molecule has 0 saturated carbocycles. The average Bonchev–Trinajstić information content (AvgIpc) is 3.75. The van der Waals surface area contributed by atoms with Gasteiger partial charge in [0.2, 0.25) is 0 Å². The molecule has 1 aliphatic rings. The molecule has 68 heavy (non-hydrogen) atoms. The van der Waals surface area contributed by atoms with Gasteiger partial charge in [0.25, 0.3) is 0 Å². The van der Waals surface area contributed by atoms with Gasteiger partial charge in [0.15, 0.2) is 17.5 Å². The second kappa shape index (κ2) is 16.0. The third-order valence-electron chi connectivity index (χ3n) is 13.5. The molecule has 4 nitrogen and oxygen atoms in total. The molecule has 13 rings (SSSR count). The first kappa shape index (κ1) is 39.1. The Hall–Kier alpha value is -9.30. The lowest BCUT2D eigenvalue weighted by Crippen LogP contribution is -2.00. The third-order valence-corrected chi connectivity index (χ3v) is 13.5. The van der Waals surface area contributed by atoms with Crippen LogP contribution in [0.5, 0.6) is 0 Å². The van der Waals surface area contributed by atoms with E-state index in [1.807, 2.05) is 54.6 Å². The van der Waals surface area contributed by atoms with Gasteiger partial charge in [-0.25, -0.2) is 15.0 Å². The van der Waals surface area contributed by atoms with Crippen molar-refractivity contribution in [1.29, 1.82) is 5.26 Å². The number of benzene rings is 11. The summed E-state index contributed by atoms with van der Waals surface area (Å²) >= 11 is 0. The number of hydrogen-bond acceptors (Lipinski definition) is 4. The zero-order valence-corrected chi connectivity index (χ0v) is 36.7. The number of fused-ring (bicyclic) bond motifs is 6. The Morgan fingerprint density at radius 1 is 0.265 bits per heavy atom. The summed E-state index contributed by atoms with van der Waals surface area (Å²) in [5, 5.41) is 17.9. The fraction of sp³-hybridized carbons (Fsp3) is 0. The van der Waals surface area contributed by atoms with Crippen molar-refractivity contribution in [3.8, 4) is 107 Å². The molecule has 0 aliphatic heterocycles. The first-order valence-corrected chi connectivity index (χ1v) is 22.9. The molecule has 11 aromatic carbocycles. The maximum Gasteiger partial charge on any atom is 0.164 e. The van der Waals surface area contributed by atoms with E-state index >= 15 is 0 Å². The molecule has 314 valence electrons. The van der Waals surface area contributed by atoms with Crippen molar-refractivity contribution >= 4 is 32.3 Å². The van der Waals surface area contributed by atoms with Crippen LogP contribution in [-0.2, 0) is 0 Å². The number of hydrogen-bond donors (Lipinski definition) is 0. The van der Waals surface area contributed by atoms with Crippen molar-refractivity contribution in [2.24, 2.45) is 0 Å². The summed E-state index contributed by atoms with van der Waals surface area (Å²) in [6.45, 7) is 0. The van der Waals surface area contributed by atoms with Crippen LogP contribution < -0.4 is 0 Å². The fourth-order valence-electron chi connectivity index (χ4n) is 10.3. The highest BCUT2D eigenvalue weighted by atomic mass is 15.0. The number of nitrogens with zero attached hydrogens (tertiary/aromatic N) is 4. The van der Waals surface area contributed by atoms with Crippen LogP contribution in [0.1, 0.15) is 5.56 Å². The lowest BCUT2D eigenvalue weighted by Gasteiger charge is -2.14. The smallest absolute Gasteiger partial charge is 0.164 e. The van der Waals surface area contributed by atoms with E-state index in [2.05, 4.69) is 182 Å². The Kier molecular flexibility index (Phi) is 9.20. The molecule has 0 atom stereocenters. The Bertz CT molecular complexity index is 4000. The molecule has 0 unspecified atom stereocenters. The van der Waals surface area contributed by atoms with Gasteiger partial charge in [-0.15, -0.1) is 0 Å². The van der Waals surface area contributed by atoms with Crippen LogP contribution in [-0.4, -0.2) is 15.0 Å². The highest BCUT2D eigenvalue weighted by molar-refractivity contribution is 6.19. The molecule has 1 aromatic heterocycles. The summed E-state index contributed by atoms with van der Waals surface area (Å²) in [4.78, 5) is 15.3. The number of aromatic nitrogens is 3. The second-order valence-electron chi connectivity index (χ2n) is 17.4. The molecular weight excluding hydrogens is 825 g/mol. The monoisotopic (exact) mass is 862 g/mol. The van der Waals surface area contributed by atoms with Gasteiger partial charge in [-0.05, 0) is 124 Å². The standard InChI is InChI=1S/C64H38N4/c65-39-49-32-31-44(43-16-10-18-46(35-43)60-38-47-15-4-5-20-50(47)52-21-6-9-24-55(52)60)37-59(49)45-17-11-19-48(36-45)64-67-62(41-13-2-1-3-14-41)66-63(68-64)42-29-27-40(28-30-42)51-33-34-58-54-23-8-7-22-53(54)57-26-12-25-56(51)61(57)58/h1-38H. The van der Waals surface area contributed by atoms with Crippen LogP contribution in [0, 0.1) is 11.3 Å². The second-order valence-corrected chi connectivity index (χ2v) is 17.4. The summed E-state index contributed by atoms with van der Waals surface area (Å²) in [5.74, 6) is 1.73. The molecule has 12 aromatic rings. The van der Waals surface area contributed by atoms with Gasteiger partial charge >= 0.3 is 0 Å². The van der Waals surface area contributed by atoms with Crippen LogP contribution in [0.4, 0.5) is 0 Å². The summed E-state index contributed by atoms with van der Waals surface area (Å²) < 4.78 is 0. The summed E-state index contributed by atoms with van der Waals surface area (Å²) in [5.41, 5.74) is 16.8. The molecule has 0 spiro atoms. The fourth-order valence-corrected chi connectivity index (χ4v) is 10.3. The highest BCUT2D eigenvalue weighted by Gasteiger charge is 2.23. The van der Waals surface area contributed by atoms with Gasteiger partial charge in [-0.1, -0.05) is 200 Å². The lowest BCUT2D eigenvalue weighted by atomic mass is 9.90. The van der Waals surface area contributed by atoms with E-state index in [9.17, 15) is 5.26 Å². The van der Waals surface area contributed by atoms with E-state index in [0.29, 0.717) is 23.0 Å². The van der Waals surface area contributed by atoms with Crippen LogP contribution in [0.2, 0.25) is 0 Å². The molecule has 0 bridgehead atoms. The maximum absolute atomic E-state index is 10.5. The van der Waals surface area contributed by atoms with Gasteiger partial charge in [-0.3, -0.25) is 0 Å². The summed E-state index contributed by atoms with van der Waals surface area (Å²) in [7, 11) is 0. The highest BCUT2D eigenvalue weighted by Crippen LogP contribution is 2.49. The quantitative estimate of drug-likeness (QED) is 0.150. The van der Waals surface area contributed by atoms with Crippen molar-refractivity contribution < 1.29 is 0 Å². The molecule has 1 aliphatic carbocycles. The van der Waals surface area contributed by atoms with Gasteiger partial charge in [0, 0.05) is 22.3 Å². The first-order chi connectivity index (χ1) is 33.6. The zero-order chi connectivity index (χ0) is 45.1. The lowest BCUT2D eigenvalue weighted by molar-refractivity contribution is 1.07. The molecule has 0 N–H and O–H groups in total. The predicted octanol–water partition coefficient (Wildman–Crippen LogP) is 16.5. The van der Waals surface area contributed by atoms with E-state index in [4.69, 9.17) is 15.0 Å². The predicted molar refractivity (Wildman–Crippen MR) is 280 cm³/mol. The molecule has 0 fully saturated rings. The van der Waals surface area contributed by atoms with Crippen molar-refractivity contribution in [1.82, 2.24) is 15.0 Å². The van der Waals surface area contributed by atoms with Gasteiger partial charge < -0.3 is 0 Å². The van der Waals surface area contributed by atoms with E-state index in [0.717, 1.165) is 50.1 Å². The largest absolute Gasteiger partial charge is 0.208 e. The van der Waals surface area contributed by atoms with Crippen LogP contribution in [0.15, 0.2) is 231 Å². The molecular formula is C64H38N4. The Morgan fingerprint density at radius 3 is 1.51 bits per heavy atom. The van der Waals surface area contributed by atoms with Gasteiger partial charge in [0.1, 0.15) is 0 Å². The SMILES string of the molecule is N#Cc1ccc(-c2cccc(-c3cc4ccccc4c4ccccc34)c2)cc1-c1cccc(-c2nc(-c3ccccc3)nc(-c3ccc(-c4ccc5c6c(cccc46)-c4ccccc4-5)cc3)n2)c1. The van der Waals surface area contributed by atoms with E-state index in [-0.39, 0.29) is 0 Å². The van der Waals surface area contributed by atoms with Gasteiger partial charge in [-0.2, -0.15) is 5.26 Å². The molecule has 0 radical (unpaired) electrons. The minimum Gasteiger partial charge on any atom is -0.208 e. The Labute approximate surface area is 393 Å². The van der Waals surface area contributed by atoms with Crippen molar-refractivity contribution in [3.63, 3.8) is 0 Å². The first-order valence-electron chi connectivity index (χ1n) is 22.9. The zero-order valence-electron chi connectivity index (χ0n) is 36.7. The summed E-state index contributed by atoms with van der Waals surface area (Å²) in [6, 6.07) is 83.4. The van der Waals surface area contributed by atoms with E-state index < -0.39 is 0 Å². The minimum absolute atomic E-state index is 0.553. The molecule has 0 amide bonds. The van der Waals surface area contributed by atoms with Crippen LogP contribution in [0.3, 0.4) is 0 Å². The number of nitriles is 1. The van der Waals surface area contributed by atoms with Crippen LogP contribution >= 0.6 is 0 Å². The maximum atomic E-state index is 10.5. The van der Waals surface area contributed by atoms with Crippen LogP contribution in [0.25, 0.3) is 133 Å². The topological polar surface area (TPSA) is 62.5 Å². The van der Waals surface area contributed by atoms with Crippen molar-refractivity contribution in [2.45, 2.75) is 0 Å². The average molecular weight is 863 g/mol. The Balaban J connectivity index is 0.871.